The second-order valence-corrected chi connectivity index (χ2v) is 10.2. The first-order valence-corrected chi connectivity index (χ1v) is 13.6. The molecule has 4 heterocycles. The zero-order chi connectivity index (χ0) is 28.4. The molecule has 10 nitrogen and oxygen atoms in total. The van der Waals surface area contributed by atoms with Gasteiger partial charge in [-0.05, 0) is 31.0 Å². The highest BCUT2D eigenvalue weighted by atomic mass is 16.6. The fourth-order valence-corrected chi connectivity index (χ4v) is 5.32. The fraction of sp³-hybridized carbons (Fsp3) is 0.400. The van der Waals surface area contributed by atoms with Gasteiger partial charge < -0.3 is 19.4 Å². The lowest BCUT2D eigenvalue weighted by atomic mass is 9.85. The molecule has 2 aromatic heterocycles. The Morgan fingerprint density at radius 3 is 2.67 bits per heavy atom. The Balaban J connectivity index is 1.40. The third kappa shape index (κ3) is 4.89. The maximum Gasteiger partial charge on any atom is 0.355 e. The van der Waals surface area contributed by atoms with Gasteiger partial charge in [-0.25, -0.2) is 9.78 Å². The van der Waals surface area contributed by atoms with Crippen molar-refractivity contribution in [1.82, 2.24) is 14.9 Å². The third-order valence-corrected chi connectivity index (χ3v) is 7.54. The van der Waals surface area contributed by atoms with Crippen molar-refractivity contribution in [2.75, 3.05) is 6.54 Å². The maximum absolute atomic E-state index is 13.6. The van der Waals surface area contributed by atoms with Gasteiger partial charge in [-0.3, -0.25) is 19.2 Å². The van der Waals surface area contributed by atoms with Gasteiger partial charge in [-0.1, -0.05) is 38.5 Å². The summed E-state index contributed by atoms with van der Waals surface area (Å²) in [5, 5.41) is 3.41. The van der Waals surface area contributed by atoms with E-state index in [2.05, 4.69) is 5.32 Å². The molecule has 1 atom stereocenters. The van der Waals surface area contributed by atoms with Gasteiger partial charge in [-0.2, -0.15) is 0 Å². The number of fused-ring (bicyclic) bond motifs is 5. The molecule has 0 saturated heterocycles. The molecular formula is C30H31N3O7. The average molecular weight is 546 g/mol. The second kappa shape index (κ2) is 11.0. The van der Waals surface area contributed by atoms with E-state index in [0.717, 1.165) is 29.3 Å². The number of unbranched alkanes of at least 4 members (excludes halogenated alkanes) is 1. The highest BCUT2D eigenvalue weighted by Gasteiger charge is 2.50. The number of hydrogen-bond donors (Lipinski definition) is 1. The predicted molar refractivity (Wildman–Crippen MR) is 145 cm³/mol. The van der Waals surface area contributed by atoms with Gasteiger partial charge in [0.2, 0.25) is 11.5 Å². The molecule has 0 spiro atoms. The van der Waals surface area contributed by atoms with Crippen LogP contribution in [0.1, 0.15) is 69.1 Å². The Kier molecular flexibility index (Phi) is 7.51. The van der Waals surface area contributed by atoms with Crippen LogP contribution in [0.25, 0.3) is 22.3 Å². The topological polar surface area (TPSA) is 134 Å². The Bertz CT molecular complexity index is 1590. The van der Waals surface area contributed by atoms with Crippen LogP contribution in [0.3, 0.4) is 0 Å². The smallest absolute Gasteiger partial charge is 0.355 e. The van der Waals surface area contributed by atoms with Gasteiger partial charge in [0.05, 0.1) is 29.0 Å². The van der Waals surface area contributed by atoms with Crippen molar-refractivity contribution in [3.63, 3.8) is 0 Å². The molecule has 2 aliphatic rings. The van der Waals surface area contributed by atoms with Gasteiger partial charge in [0.25, 0.3) is 5.56 Å². The molecular weight excluding hydrogens is 514 g/mol. The zero-order valence-corrected chi connectivity index (χ0v) is 22.6. The number of cyclic esters (lactones) is 1. The van der Waals surface area contributed by atoms with Crippen LogP contribution in [0.4, 0.5) is 0 Å². The quantitative estimate of drug-likeness (QED) is 0.300. The van der Waals surface area contributed by atoms with Crippen LogP contribution in [0.2, 0.25) is 0 Å². The lowest BCUT2D eigenvalue weighted by Gasteiger charge is -2.35. The molecule has 0 unspecified atom stereocenters. The lowest BCUT2D eigenvalue weighted by Crippen LogP contribution is -2.48. The van der Waals surface area contributed by atoms with Gasteiger partial charge in [-0.15, -0.1) is 0 Å². The van der Waals surface area contributed by atoms with Crippen LogP contribution in [0, 0.1) is 0 Å². The molecule has 5 rings (SSSR count). The van der Waals surface area contributed by atoms with E-state index >= 15 is 0 Å². The number of rotatable bonds is 10. The highest BCUT2D eigenvalue weighted by Crippen LogP contribution is 2.40. The summed E-state index contributed by atoms with van der Waals surface area (Å²) in [6, 6.07) is 11.3. The molecule has 0 saturated carbocycles. The monoisotopic (exact) mass is 545 g/mol. The number of pyridine rings is 2. The molecule has 40 heavy (non-hydrogen) atoms. The number of carbonyl (C=O) groups is 4. The number of carbonyl (C=O) groups excluding carboxylic acids is 4. The number of aromatic nitrogens is 2. The molecule has 3 aromatic rings. The number of amides is 1. The number of nitrogens with one attached hydrogen (secondary N) is 1. The SMILES string of the molecule is CCCCC(=O)CCC(=O)NCC(=O)O[C@]1(CC)C(=O)OCc2c1cc1n(c2=O)Cc2cc3ccccc3nc2-1. The van der Waals surface area contributed by atoms with Gasteiger partial charge in [0, 0.05) is 35.8 Å². The number of benzene rings is 1. The zero-order valence-electron chi connectivity index (χ0n) is 22.6. The first-order valence-electron chi connectivity index (χ1n) is 13.6. The van der Waals surface area contributed by atoms with Crippen molar-refractivity contribution in [2.45, 2.75) is 71.1 Å². The summed E-state index contributed by atoms with van der Waals surface area (Å²) in [6.45, 7) is 3.24. The molecule has 0 fully saturated rings. The Morgan fingerprint density at radius 1 is 1.10 bits per heavy atom. The summed E-state index contributed by atoms with van der Waals surface area (Å²) < 4.78 is 12.6. The number of ketones is 1. The van der Waals surface area contributed by atoms with Crippen LogP contribution in [0.5, 0.6) is 0 Å². The molecule has 10 heteroatoms. The van der Waals surface area contributed by atoms with E-state index in [1.165, 1.54) is 0 Å². The maximum atomic E-state index is 13.6. The van der Waals surface area contributed by atoms with E-state index in [1.807, 2.05) is 37.3 Å². The van der Waals surface area contributed by atoms with Gasteiger partial charge in [0.15, 0.2) is 0 Å². The van der Waals surface area contributed by atoms with Gasteiger partial charge in [0.1, 0.15) is 18.9 Å². The Hall–Kier alpha value is -4.34. The van der Waals surface area contributed by atoms with E-state index in [1.54, 1.807) is 17.6 Å². The van der Waals surface area contributed by atoms with E-state index in [9.17, 15) is 24.0 Å². The molecule has 1 N–H and O–H groups in total. The summed E-state index contributed by atoms with van der Waals surface area (Å²) >= 11 is 0. The molecule has 1 aromatic carbocycles. The minimum absolute atomic E-state index is 0.00560. The molecule has 1 amide bonds. The van der Waals surface area contributed by atoms with Crippen molar-refractivity contribution in [3.05, 3.63) is 63.4 Å². The van der Waals surface area contributed by atoms with E-state index < -0.39 is 30.0 Å². The van der Waals surface area contributed by atoms with Crippen LogP contribution < -0.4 is 10.9 Å². The Morgan fingerprint density at radius 2 is 1.90 bits per heavy atom. The number of esters is 2. The second-order valence-electron chi connectivity index (χ2n) is 10.2. The van der Waals surface area contributed by atoms with Gasteiger partial charge >= 0.3 is 11.9 Å². The van der Waals surface area contributed by atoms with Crippen LogP contribution >= 0.6 is 0 Å². The molecule has 0 radical (unpaired) electrons. The van der Waals surface area contributed by atoms with Crippen LogP contribution in [-0.2, 0) is 47.4 Å². The summed E-state index contributed by atoms with van der Waals surface area (Å²) in [5.74, 6) is -2.11. The predicted octanol–water partition coefficient (Wildman–Crippen LogP) is 3.29. The van der Waals surface area contributed by atoms with Crippen molar-refractivity contribution in [3.8, 4) is 11.4 Å². The summed E-state index contributed by atoms with van der Waals surface area (Å²) in [7, 11) is 0. The highest BCUT2D eigenvalue weighted by molar-refractivity contribution is 5.90. The lowest BCUT2D eigenvalue weighted by molar-refractivity contribution is -0.189. The standard InChI is InChI=1S/C30H31N3O7/c1-3-5-9-20(34)11-12-25(35)31-15-26(36)40-30(4-2)22-14-24-27-19(13-18-8-6-7-10-23(18)32-27)16-33(24)28(37)21(22)17-39-29(30)38/h6-8,10,13-14H,3-5,9,11-12,15-17H2,1-2H3,(H,31,35)/t30-/m0/s1. The minimum Gasteiger partial charge on any atom is -0.457 e. The van der Waals surface area contributed by atoms with E-state index in [-0.39, 0.29) is 48.3 Å². The molecule has 0 aliphatic carbocycles. The minimum atomic E-state index is -1.85. The normalized spacial score (nSPS) is 17.0. The number of para-hydroxylation sites is 1. The summed E-state index contributed by atoms with van der Waals surface area (Å²) in [5.41, 5.74) is 1.15. The van der Waals surface area contributed by atoms with Crippen molar-refractivity contribution in [1.29, 1.82) is 0 Å². The molecule has 2 aliphatic heterocycles. The van der Waals surface area contributed by atoms with Crippen molar-refractivity contribution < 1.29 is 28.7 Å². The van der Waals surface area contributed by atoms with Crippen molar-refractivity contribution >= 4 is 34.5 Å². The number of hydrogen-bond acceptors (Lipinski definition) is 8. The molecule has 208 valence electrons. The van der Waals surface area contributed by atoms with E-state index in [0.29, 0.717) is 24.4 Å². The van der Waals surface area contributed by atoms with Crippen LogP contribution in [0.15, 0.2) is 41.2 Å². The van der Waals surface area contributed by atoms with Crippen molar-refractivity contribution in [2.24, 2.45) is 0 Å². The number of nitrogens with zero attached hydrogens (tertiary/aromatic N) is 2. The van der Waals surface area contributed by atoms with Crippen LogP contribution in [-0.4, -0.2) is 39.7 Å². The summed E-state index contributed by atoms with van der Waals surface area (Å²) in [4.78, 5) is 68.4. The largest absolute Gasteiger partial charge is 0.457 e. The summed E-state index contributed by atoms with van der Waals surface area (Å²) in [6.07, 6.45) is 2.17. The number of Topliss-reactive ketones (excluding diaryl/α,β-unsaturated/α-hetero) is 1. The fourth-order valence-electron chi connectivity index (χ4n) is 5.32. The molecule has 0 bridgehead atoms. The first-order chi connectivity index (χ1) is 19.3. The third-order valence-electron chi connectivity index (χ3n) is 7.54. The Labute approximate surface area is 230 Å². The average Bonchev–Trinajstić information content (AvgIpc) is 3.32. The first kappa shape index (κ1) is 27.2. The van der Waals surface area contributed by atoms with E-state index in [4.69, 9.17) is 14.5 Å². The number of ether oxygens (including phenoxy) is 2.